The van der Waals surface area contributed by atoms with Gasteiger partial charge in [0.15, 0.2) is 11.5 Å². The van der Waals surface area contributed by atoms with Gasteiger partial charge in [-0.05, 0) is 54.6 Å². The molecule has 0 aromatic heterocycles. The fourth-order valence-electron chi connectivity index (χ4n) is 2.98. The van der Waals surface area contributed by atoms with Crippen molar-refractivity contribution in [2.75, 3.05) is 30.6 Å². The minimum atomic E-state index is -1.30. The first-order chi connectivity index (χ1) is 16.3. The number of rotatable bonds is 9. The number of aromatic hydroxyl groups is 1. The molecule has 3 aromatic rings. The molecule has 0 heterocycles. The number of ether oxygens (including phenoxy) is 2. The summed E-state index contributed by atoms with van der Waals surface area (Å²) in [6, 6.07) is 15.7. The molecule has 0 unspecified atom stereocenters. The number of carbonyl (C=O) groups excluding carboxylic acids is 2. The van der Waals surface area contributed by atoms with Crippen molar-refractivity contribution in [3.05, 3.63) is 71.8 Å². The number of hydrogen-bond acceptors (Lipinski definition) is 7. The number of carbonyl (C=O) groups is 3. The Morgan fingerprint density at radius 1 is 0.882 bits per heavy atom. The van der Waals surface area contributed by atoms with Gasteiger partial charge in [0.05, 0.1) is 20.0 Å². The second kappa shape index (κ2) is 11.1. The van der Waals surface area contributed by atoms with Gasteiger partial charge in [0, 0.05) is 21.8 Å². The molecule has 0 atom stereocenters. The standard InChI is InChI=1S/C24H22N2O7S/c1-32-20-9-6-14(10-21(20)33-2)23(29)26-15-4-3-5-17(11-15)34-13-22(28)25-16-7-8-19(27)18(12-16)24(30)31/h3-12,27H,13H2,1-2H3,(H,25,28)(H,26,29)(H,30,31). The summed E-state index contributed by atoms with van der Waals surface area (Å²) in [5.41, 5.74) is 0.902. The van der Waals surface area contributed by atoms with Gasteiger partial charge in [0.1, 0.15) is 11.3 Å². The highest BCUT2D eigenvalue weighted by atomic mass is 32.2. The fourth-order valence-corrected chi connectivity index (χ4v) is 3.73. The lowest BCUT2D eigenvalue weighted by Crippen LogP contribution is -2.14. The molecule has 0 fully saturated rings. The van der Waals surface area contributed by atoms with Gasteiger partial charge in [0.25, 0.3) is 5.91 Å². The molecule has 0 bridgehead atoms. The van der Waals surface area contributed by atoms with E-state index in [0.29, 0.717) is 22.7 Å². The highest BCUT2D eigenvalue weighted by molar-refractivity contribution is 8.00. The van der Waals surface area contributed by atoms with Gasteiger partial charge >= 0.3 is 5.97 Å². The molecule has 0 aliphatic heterocycles. The zero-order valence-corrected chi connectivity index (χ0v) is 19.1. The Labute approximate surface area is 199 Å². The van der Waals surface area contributed by atoms with Crippen LogP contribution < -0.4 is 20.1 Å². The van der Waals surface area contributed by atoms with Crippen molar-refractivity contribution < 1.29 is 34.1 Å². The number of carboxylic acids is 1. The summed E-state index contributed by atoms with van der Waals surface area (Å²) in [5.74, 6) is -1.36. The molecule has 3 rings (SSSR count). The van der Waals surface area contributed by atoms with Gasteiger partial charge in [-0.2, -0.15) is 0 Å². The maximum Gasteiger partial charge on any atom is 0.339 e. The van der Waals surface area contributed by atoms with Crippen LogP contribution in [-0.4, -0.2) is 48.0 Å². The summed E-state index contributed by atoms with van der Waals surface area (Å²) in [6.45, 7) is 0. The van der Waals surface area contributed by atoms with Crippen molar-refractivity contribution in [2.45, 2.75) is 4.90 Å². The quantitative estimate of drug-likeness (QED) is 0.265. The maximum atomic E-state index is 12.6. The third kappa shape index (κ3) is 6.20. The number of hydrogen-bond donors (Lipinski definition) is 4. The first kappa shape index (κ1) is 24.5. The molecular formula is C24H22N2O7S. The van der Waals surface area contributed by atoms with E-state index in [0.717, 1.165) is 4.90 Å². The van der Waals surface area contributed by atoms with Crippen molar-refractivity contribution in [1.82, 2.24) is 0 Å². The Balaban J connectivity index is 1.60. The predicted molar refractivity (Wildman–Crippen MR) is 128 cm³/mol. The van der Waals surface area contributed by atoms with Crippen molar-refractivity contribution in [2.24, 2.45) is 0 Å². The first-order valence-corrected chi connectivity index (χ1v) is 10.9. The topological polar surface area (TPSA) is 134 Å². The minimum absolute atomic E-state index is 0.0519. The third-order valence-electron chi connectivity index (χ3n) is 4.62. The molecule has 10 heteroatoms. The van der Waals surface area contributed by atoms with Crippen LogP contribution in [-0.2, 0) is 4.79 Å². The number of aromatic carboxylic acids is 1. The van der Waals surface area contributed by atoms with Crippen LogP contribution in [0.3, 0.4) is 0 Å². The first-order valence-electron chi connectivity index (χ1n) is 9.93. The predicted octanol–water partition coefficient (Wildman–Crippen LogP) is 4.09. The Bertz CT molecular complexity index is 1230. The zero-order chi connectivity index (χ0) is 24.7. The molecule has 0 saturated heterocycles. The largest absolute Gasteiger partial charge is 0.507 e. The summed E-state index contributed by atoms with van der Waals surface area (Å²) in [5, 5.41) is 24.0. The summed E-state index contributed by atoms with van der Waals surface area (Å²) < 4.78 is 10.4. The number of phenols is 1. The molecule has 4 N–H and O–H groups in total. The van der Waals surface area contributed by atoms with Gasteiger partial charge in [-0.1, -0.05) is 6.07 Å². The normalized spacial score (nSPS) is 10.3. The van der Waals surface area contributed by atoms with Crippen LogP contribution in [0.25, 0.3) is 0 Å². The average molecular weight is 483 g/mol. The van der Waals surface area contributed by atoms with Crippen molar-refractivity contribution in [3.63, 3.8) is 0 Å². The number of anilines is 2. The number of nitrogens with one attached hydrogen (secondary N) is 2. The average Bonchev–Trinajstić information content (AvgIpc) is 2.83. The SMILES string of the molecule is COc1ccc(C(=O)Nc2cccc(SCC(=O)Nc3ccc(O)c(C(=O)O)c3)c2)cc1OC. The van der Waals surface area contributed by atoms with E-state index in [9.17, 15) is 19.5 Å². The number of benzene rings is 3. The van der Waals surface area contributed by atoms with E-state index in [-0.39, 0.29) is 34.6 Å². The van der Waals surface area contributed by atoms with Crippen LogP contribution in [0, 0.1) is 0 Å². The number of methoxy groups -OCH3 is 2. The van der Waals surface area contributed by atoms with E-state index in [2.05, 4.69) is 10.6 Å². The molecule has 3 aromatic carbocycles. The van der Waals surface area contributed by atoms with Gasteiger partial charge in [0.2, 0.25) is 5.91 Å². The number of thioether (sulfide) groups is 1. The highest BCUT2D eigenvalue weighted by Crippen LogP contribution is 2.28. The van der Waals surface area contributed by atoms with Gasteiger partial charge in [-0.15, -0.1) is 11.8 Å². The number of amides is 2. The van der Waals surface area contributed by atoms with E-state index in [1.54, 1.807) is 42.5 Å². The van der Waals surface area contributed by atoms with Crippen molar-refractivity contribution in [1.29, 1.82) is 0 Å². The maximum absolute atomic E-state index is 12.6. The summed E-state index contributed by atoms with van der Waals surface area (Å²) in [4.78, 5) is 36.8. The minimum Gasteiger partial charge on any atom is -0.507 e. The second-order valence-electron chi connectivity index (χ2n) is 6.93. The molecule has 0 radical (unpaired) electrons. The lowest BCUT2D eigenvalue weighted by molar-refractivity contribution is -0.113. The smallest absolute Gasteiger partial charge is 0.339 e. The molecule has 0 saturated carbocycles. The van der Waals surface area contributed by atoms with Crippen LogP contribution in [0.1, 0.15) is 20.7 Å². The number of carboxylic acid groups (broad SMARTS) is 1. The van der Waals surface area contributed by atoms with Crippen molar-refractivity contribution in [3.8, 4) is 17.2 Å². The van der Waals surface area contributed by atoms with E-state index < -0.39 is 5.97 Å². The van der Waals surface area contributed by atoms with Crippen LogP contribution in [0.4, 0.5) is 11.4 Å². The molecular weight excluding hydrogens is 460 g/mol. The van der Waals surface area contributed by atoms with Crippen LogP contribution in [0.5, 0.6) is 17.2 Å². The highest BCUT2D eigenvalue weighted by Gasteiger charge is 2.13. The molecule has 9 nitrogen and oxygen atoms in total. The Morgan fingerprint density at radius 2 is 1.62 bits per heavy atom. The molecule has 34 heavy (non-hydrogen) atoms. The Morgan fingerprint density at radius 3 is 2.32 bits per heavy atom. The summed E-state index contributed by atoms with van der Waals surface area (Å²) in [7, 11) is 3.00. The van der Waals surface area contributed by atoms with E-state index >= 15 is 0 Å². The lowest BCUT2D eigenvalue weighted by Gasteiger charge is -2.11. The van der Waals surface area contributed by atoms with E-state index in [4.69, 9.17) is 14.6 Å². The van der Waals surface area contributed by atoms with Gasteiger partial charge in [-0.25, -0.2) is 4.79 Å². The fraction of sp³-hybridized carbons (Fsp3) is 0.125. The third-order valence-corrected chi connectivity index (χ3v) is 5.61. The Hall–Kier alpha value is -4.18. The molecule has 0 aliphatic rings. The van der Waals surface area contributed by atoms with Gasteiger partial charge < -0.3 is 30.3 Å². The van der Waals surface area contributed by atoms with E-state index in [1.807, 2.05) is 0 Å². The van der Waals surface area contributed by atoms with Gasteiger partial charge in [-0.3, -0.25) is 9.59 Å². The van der Waals surface area contributed by atoms with Crippen molar-refractivity contribution >= 4 is 40.9 Å². The van der Waals surface area contributed by atoms with Crippen LogP contribution in [0.15, 0.2) is 65.6 Å². The molecule has 176 valence electrons. The second-order valence-corrected chi connectivity index (χ2v) is 7.97. The van der Waals surface area contributed by atoms with E-state index in [1.165, 1.54) is 44.2 Å². The van der Waals surface area contributed by atoms with Crippen LogP contribution in [0.2, 0.25) is 0 Å². The molecule has 2 amide bonds. The summed E-state index contributed by atoms with van der Waals surface area (Å²) in [6.07, 6.45) is 0. The zero-order valence-electron chi connectivity index (χ0n) is 18.3. The lowest BCUT2D eigenvalue weighted by atomic mass is 10.2. The molecule has 0 aliphatic carbocycles. The Kier molecular flexibility index (Phi) is 7.99. The van der Waals surface area contributed by atoms with Crippen LogP contribution >= 0.6 is 11.8 Å². The monoisotopic (exact) mass is 482 g/mol. The summed E-state index contributed by atoms with van der Waals surface area (Å²) >= 11 is 1.24. The molecule has 0 spiro atoms.